The second-order valence-corrected chi connectivity index (χ2v) is 3.34. The number of cyclic esters (lactones) is 1. The van der Waals surface area contributed by atoms with Gasteiger partial charge in [0, 0.05) is 0 Å². The third kappa shape index (κ3) is 1.49. The van der Waals surface area contributed by atoms with Gasteiger partial charge in [0.2, 0.25) is 5.79 Å². The molecule has 1 unspecified atom stereocenters. The number of esters is 1. The van der Waals surface area contributed by atoms with Gasteiger partial charge in [0.1, 0.15) is 6.42 Å². The van der Waals surface area contributed by atoms with Crippen LogP contribution in [-0.4, -0.2) is 22.0 Å². The highest BCUT2D eigenvalue weighted by molar-refractivity contribution is 5.73. The number of ether oxygens (including phenoxy) is 1. The zero-order valence-electron chi connectivity index (χ0n) is 7.38. The Morgan fingerprint density at radius 1 is 1.29 bits per heavy atom. The standard InChI is InChI=1S/C10H10O4/c11-8-6-10(12,13)9(14-8)7-4-2-1-3-5-7/h1-5,9,12-13H,6H2. The summed E-state index contributed by atoms with van der Waals surface area (Å²) in [7, 11) is 0. The first kappa shape index (κ1) is 9.18. The number of aliphatic hydroxyl groups is 2. The molecule has 1 atom stereocenters. The largest absolute Gasteiger partial charge is 0.452 e. The number of hydrogen-bond acceptors (Lipinski definition) is 4. The molecule has 14 heavy (non-hydrogen) atoms. The van der Waals surface area contributed by atoms with Crippen LogP contribution in [0.5, 0.6) is 0 Å². The minimum Gasteiger partial charge on any atom is -0.452 e. The van der Waals surface area contributed by atoms with Gasteiger partial charge in [0.15, 0.2) is 6.10 Å². The molecular formula is C10H10O4. The minimum atomic E-state index is -2.08. The van der Waals surface area contributed by atoms with Crippen LogP contribution in [0.2, 0.25) is 0 Å². The maximum absolute atomic E-state index is 10.9. The number of benzene rings is 1. The number of carbonyl (C=O) groups excluding carboxylic acids is 1. The number of rotatable bonds is 1. The van der Waals surface area contributed by atoms with Gasteiger partial charge in [-0.1, -0.05) is 30.3 Å². The van der Waals surface area contributed by atoms with Crippen molar-refractivity contribution in [1.29, 1.82) is 0 Å². The topological polar surface area (TPSA) is 66.8 Å². The van der Waals surface area contributed by atoms with E-state index in [4.69, 9.17) is 4.74 Å². The van der Waals surface area contributed by atoms with Crippen molar-refractivity contribution >= 4 is 5.97 Å². The lowest BCUT2D eigenvalue weighted by atomic mass is 10.0. The van der Waals surface area contributed by atoms with Gasteiger partial charge in [0.25, 0.3) is 0 Å². The Kier molecular flexibility index (Phi) is 2.02. The lowest BCUT2D eigenvalue weighted by Gasteiger charge is -2.20. The molecule has 2 N–H and O–H groups in total. The average molecular weight is 194 g/mol. The molecule has 1 aliphatic rings. The third-order valence-electron chi connectivity index (χ3n) is 2.18. The summed E-state index contributed by atoms with van der Waals surface area (Å²) in [4.78, 5) is 10.9. The van der Waals surface area contributed by atoms with E-state index < -0.39 is 17.9 Å². The van der Waals surface area contributed by atoms with E-state index in [0.717, 1.165) is 0 Å². The van der Waals surface area contributed by atoms with Crippen molar-refractivity contribution < 1.29 is 19.7 Å². The summed E-state index contributed by atoms with van der Waals surface area (Å²) in [5.74, 6) is -2.68. The van der Waals surface area contributed by atoms with Crippen molar-refractivity contribution in [3.63, 3.8) is 0 Å². The molecular weight excluding hydrogens is 184 g/mol. The molecule has 1 aromatic rings. The minimum absolute atomic E-state index is 0.382. The second-order valence-electron chi connectivity index (χ2n) is 3.34. The normalized spacial score (nSPS) is 24.7. The molecule has 4 heteroatoms. The fourth-order valence-corrected chi connectivity index (χ4v) is 1.54. The summed E-state index contributed by atoms with van der Waals surface area (Å²) in [6.45, 7) is 0. The monoisotopic (exact) mass is 194 g/mol. The van der Waals surface area contributed by atoms with Crippen molar-refractivity contribution in [1.82, 2.24) is 0 Å². The molecule has 1 aliphatic heterocycles. The zero-order chi connectivity index (χ0) is 10.2. The van der Waals surface area contributed by atoms with Crippen LogP contribution in [0.25, 0.3) is 0 Å². The van der Waals surface area contributed by atoms with Crippen LogP contribution in [0, 0.1) is 0 Å². The van der Waals surface area contributed by atoms with Gasteiger partial charge >= 0.3 is 5.97 Å². The van der Waals surface area contributed by atoms with Crippen LogP contribution >= 0.6 is 0 Å². The smallest absolute Gasteiger partial charge is 0.312 e. The third-order valence-corrected chi connectivity index (χ3v) is 2.18. The lowest BCUT2D eigenvalue weighted by molar-refractivity contribution is -0.195. The molecule has 4 nitrogen and oxygen atoms in total. The van der Waals surface area contributed by atoms with E-state index in [1.165, 1.54) is 0 Å². The van der Waals surface area contributed by atoms with Gasteiger partial charge in [-0.15, -0.1) is 0 Å². The van der Waals surface area contributed by atoms with E-state index in [1.807, 2.05) is 0 Å². The van der Waals surface area contributed by atoms with E-state index >= 15 is 0 Å². The Hall–Kier alpha value is -1.39. The molecule has 1 saturated heterocycles. The molecule has 1 heterocycles. The quantitative estimate of drug-likeness (QED) is 0.500. The van der Waals surface area contributed by atoms with E-state index in [2.05, 4.69) is 0 Å². The summed E-state index contributed by atoms with van der Waals surface area (Å²) < 4.78 is 4.82. The predicted octanol–water partition coefficient (Wildman–Crippen LogP) is 0.355. The average Bonchev–Trinajstić information content (AvgIpc) is 2.41. The number of carbonyl (C=O) groups is 1. The van der Waals surface area contributed by atoms with Crippen LogP contribution in [0.15, 0.2) is 30.3 Å². The fourth-order valence-electron chi connectivity index (χ4n) is 1.54. The molecule has 2 rings (SSSR count). The predicted molar refractivity (Wildman–Crippen MR) is 47.1 cm³/mol. The molecule has 1 aromatic carbocycles. The highest BCUT2D eigenvalue weighted by atomic mass is 16.6. The molecule has 0 aliphatic carbocycles. The molecule has 0 spiro atoms. The van der Waals surface area contributed by atoms with Crippen LogP contribution in [0.4, 0.5) is 0 Å². The summed E-state index contributed by atoms with van der Waals surface area (Å²) in [5.41, 5.74) is 0.586. The van der Waals surface area contributed by atoms with Gasteiger partial charge in [-0.2, -0.15) is 0 Å². The molecule has 0 amide bonds. The maximum Gasteiger partial charge on any atom is 0.312 e. The first-order valence-electron chi connectivity index (χ1n) is 4.29. The fraction of sp³-hybridized carbons (Fsp3) is 0.300. The molecule has 0 radical (unpaired) electrons. The number of hydrogen-bond donors (Lipinski definition) is 2. The Morgan fingerprint density at radius 2 is 1.93 bits per heavy atom. The maximum atomic E-state index is 10.9. The van der Waals surface area contributed by atoms with Crippen LogP contribution < -0.4 is 0 Å². The van der Waals surface area contributed by atoms with Gasteiger partial charge in [-0.05, 0) is 5.56 Å². The Morgan fingerprint density at radius 3 is 2.43 bits per heavy atom. The van der Waals surface area contributed by atoms with E-state index in [-0.39, 0.29) is 6.42 Å². The molecule has 0 saturated carbocycles. The Labute approximate surface area is 80.7 Å². The first-order valence-corrected chi connectivity index (χ1v) is 4.29. The highest BCUT2D eigenvalue weighted by Gasteiger charge is 2.47. The van der Waals surface area contributed by atoms with Gasteiger partial charge in [0.05, 0.1) is 0 Å². The first-order chi connectivity index (χ1) is 6.59. The van der Waals surface area contributed by atoms with Crippen molar-refractivity contribution in [3.8, 4) is 0 Å². The molecule has 74 valence electrons. The summed E-state index contributed by atoms with van der Waals surface area (Å²) >= 11 is 0. The van der Waals surface area contributed by atoms with Crippen LogP contribution in [-0.2, 0) is 9.53 Å². The SMILES string of the molecule is O=C1CC(O)(O)C(c2ccccc2)O1. The summed E-state index contributed by atoms with van der Waals surface area (Å²) in [6.07, 6.45) is -1.36. The summed E-state index contributed by atoms with van der Waals surface area (Å²) in [6, 6.07) is 8.67. The van der Waals surface area contributed by atoms with Crippen molar-refractivity contribution in [3.05, 3.63) is 35.9 Å². The molecule has 0 bridgehead atoms. The van der Waals surface area contributed by atoms with Crippen molar-refractivity contribution in [2.45, 2.75) is 18.3 Å². The zero-order valence-corrected chi connectivity index (χ0v) is 7.38. The lowest BCUT2D eigenvalue weighted by Crippen LogP contribution is -2.31. The van der Waals surface area contributed by atoms with E-state index in [9.17, 15) is 15.0 Å². The Bertz CT molecular complexity index is 344. The van der Waals surface area contributed by atoms with Crippen molar-refractivity contribution in [2.75, 3.05) is 0 Å². The molecule has 0 aromatic heterocycles. The van der Waals surface area contributed by atoms with Crippen molar-refractivity contribution in [2.24, 2.45) is 0 Å². The van der Waals surface area contributed by atoms with Crippen LogP contribution in [0.3, 0.4) is 0 Å². The highest BCUT2D eigenvalue weighted by Crippen LogP contribution is 2.36. The van der Waals surface area contributed by atoms with Gasteiger partial charge in [-0.3, -0.25) is 4.79 Å². The van der Waals surface area contributed by atoms with E-state index in [0.29, 0.717) is 5.56 Å². The van der Waals surface area contributed by atoms with Crippen LogP contribution in [0.1, 0.15) is 18.1 Å². The van der Waals surface area contributed by atoms with E-state index in [1.54, 1.807) is 30.3 Å². The second kappa shape index (κ2) is 3.08. The van der Waals surface area contributed by atoms with Gasteiger partial charge < -0.3 is 14.9 Å². The summed E-state index contributed by atoms with van der Waals surface area (Å²) in [5, 5.41) is 19.0. The Balaban J connectivity index is 2.32. The van der Waals surface area contributed by atoms with Gasteiger partial charge in [-0.25, -0.2) is 0 Å². The molecule has 1 fully saturated rings.